The molecular formula is C21H17N3O3. The summed E-state index contributed by atoms with van der Waals surface area (Å²) in [6.07, 6.45) is 11.8. The summed E-state index contributed by atoms with van der Waals surface area (Å²) in [6.45, 7) is 0. The number of carbonyl (C=O) groups excluding carboxylic acids is 1. The summed E-state index contributed by atoms with van der Waals surface area (Å²) in [5, 5.41) is 19.3. The summed E-state index contributed by atoms with van der Waals surface area (Å²) in [5.41, 5.74) is 5.64. The van der Waals surface area contributed by atoms with Crippen molar-refractivity contribution in [3.63, 3.8) is 0 Å². The number of aliphatic hydroxyl groups is 1. The molecule has 134 valence electrons. The number of allylic oxidation sites excluding steroid dienone is 4. The number of methoxy groups -OCH3 is 1. The zero-order chi connectivity index (χ0) is 18.3. The third kappa shape index (κ3) is 1.75. The van der Waals surface area contributed by atoms with Gasteiger partial charge in [0.25, 0.3) is 5.91 Å². The molecule has 2 aliphatic carbocycles. The van der Waals surface area contributed by atoms with Crippen LogP contribution < -0.4 is 21.2 Å². The minimum atomic E-state index is -0.472. The van der Waals surface area contributed by atoms with Crippen molar-refractivity contribution in [3.8, 4) is 0 Å². The molecule has 0 saturated carbocycles. The number of hydrogen-bond donors (Lipinski definition) is 4. The van der Waals surface area contributed by atoms with Gasteiger partial charge < -0.3 is 25.5 Å². The molecule has 0 fully saturated rings. The number of nitrogens with one attached hydrogen (secondary N) is 3. The highest BCUT2D eigenvalue weighted by Gasteiger charge is 2.38. The summed E-state index contributed by atoms with van der Waals surface area (Å²) < 4.78 is 5.61. The van der Waals surface area contributed by atoms with E-state index in [4.69, 9.17) is 4.74 Å². The van der Waals surface area contributed by atoms with Crippen molar-refractivity contribution in [1.29, 1.82) is 0 Å². The van der Waals surface area contributed by atoms with E-state index in [2.05, 4.69) is 27.8 Å². The molecule has 2 unspecified atom stereocenters. The Hall–Kier alpha value is -3.25. The van der Waals surface area contributed by atoms with Crippen molar-refractivity contribution >= 4 is 34.1 Å². The van der Waals surface area contributed by atoms with Gasteiger partial charge in [0.2, 0.25) is 0 Å². The largest absolute Gasteiger partial charge is 0.508 e. The molecule has 6 rings (SSSR count). The Balaban J connectivity index is 1.84. The minimum absolute atomic E-state index is 0.0729. The Labute approximate surface area is 154 Å². The lowest BCUT2D eigenvalue weighted by molar-refractivity contribution is 0.0664. The van der Waals surface area contributed by atoms with E-state index in [-0.39, 0.29) is 17.7 Å². The van der Waals surface area contributed by atoms with Crippen LogP contribution in [0, 0.1) is 0 Å². The van der Waals surface area contributed by atoms with Gasteiger partial charge in [-0.25, -0.2) is 0 Å². The zero-order valence-electron chi connectivity index (χ0n) is 14.6. The molecule has 3 heterocycles. The molecule has 27 heavy (non-hydrogen) atoms. The topological polar surface area (TPSA) is 86.4 Å². The average molecular weight is 359 g/mol. The van der Waals surface area contributed by atoms with Crippen molar-refractivity contribution in [2.24, 2.45) is 0 Å². The fraction of sp³-hybridized carbons (Fsp3) is 0.190. The molecule has 6 nitrogen and oxygen atoms in total. The number of aromatic nitrogens is 1. The fourth-order valence-corrected chi connectivity index (χ4v) is 4.73. The third-order valence-corrected chi connectivity index (χ3v) is 5.83. The number of anilines is 1. The Morgan fingerprint density at radius 3 is 3.00 bits per heavy atom. The number of rotatable bonds is 1. The Morgan fingerprint density at radius 1 is 1.26 bits per heavy atom. The monoisotopic (exact) mass is 359 g/mol. The van der Waals surface area contributed by atoms with Crippen LogP contribution in [0.15, 0.2) is 36.1 Å². The number of aliphatic hydroxyl groups excluding tert-OH is 1. The molecule has 2 aromatic rings. The molecular weight excluding hydrogens is 342 g/mol. The minimum Gasteiger partial charge on any atom is -0.508 e. The quantitative estimate of drug-likeness (QED) is 0.620. The number of hydrogen-bond acceptors (Lipinski definition) is 4. The van der Waals surface area contributed by atoms with Gasteiger partial charge in [-0.1, -0.05) is 24.3 Å². The van der Waals surface area contributed by atoms with E-state index in [1.165, 1.54) is 0 Å². The van der Waals surface area contributed by atoms with Gasteiger partial charge in [-0.15, -0.1) is 0 Å². The zero-order valence-corrected chi connectivity index (χ0v) is 14.6. The van der Waals surface area contributed by atoms with Crippen molar-refractivity contribution in [2.45, 2.75) is 18.7 Å². The molecule has 0 radical (unpaired) electrons. The molecule has 4 aliphatic rings. The molecule has 1 aromatic heterocycles. The van der Waals surface area contributed by atoms with Crippen LogP contribution in [-0.2, 0) is 11.2 Å². The number of benzene rings is 1. The maximum atomic E-state index is 12.9. The first-order valence-electron chi connectivity index (χ1n) is 8.98. The first kappa shape index (κ1) is 14.9. The smallest absolute Gasteiger partial charge is 0.254 e. The van der Waals surface area contributed by atoms with Crippen LogP contribution in [0.25, 0.3) is 22.6 Å². The highest BCUT2D eigenvalue weighted by molar-refractivity contribution is 6.15. The summed E-state index contributed by atoms with van der Waals surface area (Å²) in [6, 6.07) is 0.0729. The summed E-state index contributed by atoms with van der Waals surface area (Å²) in [5.74, 6) is 0.119. The van der Waals surface area contributed by atoms with Gasteiger partial charge in [0.15, 0.2) is 6.23 Å². The first-order valence-corrected chi connectivity index (χ1v) is 8.98. The van der Waals surface area contributed by atoms with E-state index in [0.717, 1.165) is 43.9 Å². The Kier molecular flexibility index (Phi) is 2.71. The van der Waals surface area contributed by atoms with E-state index in [9.17, 15) is 9.90 Å². The van der Waals surface area contributed by atoms with Gasteiger partial charge in [0.1, 0.15) is 5.76 Å². The van der Waals surface area contributed by atoms with Crippen molar-refractivity contribution < 1.29 is 14.6 Å². The number of carbonyl (C=O) groups is 1. The molecule has 0 saturated heterocycles. The second kappa shape index (κ2) is 4.92. The average Bonchev–Trinajstić information content (AvgIpc) is 3.32. The summed E-state index contributed by atoms with van der Waals surface area (Å²) in [7, 11) is 1.61. The summed E-state index contributed by atoms with van der Waals surface area (Å²) >= 11 is 0. The SMILES string of the molecule is COC1NC(=O)c2c1c1c(c3[nH]c4c(c23)CC=C(O)C=4)NC2C=CC=CC=12. The maximum Gasteiger partial charge on any atom is 0.254 e. The van der Waals surface area contributed by atoms with Gasteiger partial charge in [-0.05, 0) is 23.6 Å². The molecule has 6 heteroatoms. The lowest BCUT2D eigenvalue weighted by atomic mass is 9.93. The molecule has 4 N–H and O–H groups in total. The molecule has 2 atom stereocenters. The highest BCUT2D eigenvalue weighted by atomic mass is 16.5. The van der Waals surface area contributed by atoms with Gasteiger partial charge in [0.05, 0.1) is 22.8 Å². The van der Waals surface area contributed by atoms with Crippen LogP contribution in [0.4, 0.5) is 5.69 Å². The standard InChI is InChI=1S/C21H17N3O3/c1-27-21-17-15-10-4-2-3-5-12(10)22-19(15)18-14(16(17)20(26)24-21)11-7-6-9(25)8-13(11)23-18/h2-6,8,12,21-23,25H,7H2,1H3,(H,24,26). The number of ether oxygens (including phenoxy) is 1. The predicted molar refractivity (Wildman–Crippen MR) is 103 cm³/mol. The Morgan fingerprint density at radius 2 is 2.15 bits per heavy atom. The van der Waals surface area contributed by atoms with E-state index in [0.29, 0.717) is 12.0 Å². The van der Waals surface area contributed by atoms with E-state index >= 15 is 0 Å². The molecule has 1 amide bonds. The van der Waals surface area contributed by atoms with E-state index in [1.807, 2.05) is 12.2 Å². The predicted octanol–water partition coefficient (Wildman–Crippen LogP) is 1.41. The van der Waals surface area contributed by atoms with Crippen LogP contribution in [0.1, 0.15) is 27.7 Å². The summed E-state index contributed by atoms with van der Waals surface area (Å²) in [4.78, 5) is 16.4. The van der Waals surface area contributed by atoms with Crippen LogP contribution in [0.2, 0.25) is 0 Å². The lowest BCUT2D eigenvalue weighted by Crippen LogP contribution is -2.23. The Bertz CT molecular complexity index is 1280. The first-order chi connectivity index (χ1) is 13.2. The molecule has 1 aromatic carbocycles. The highest BCUT2D eigenvalue weighted by Crippen LogP contribution is 2.38. The van der Waals surface area contributed by atoms with Gasteiger partial charge in [-0.2, -0.15) is 0 Å². The van der Waals surface area contributed by atoms with Crippen LogP contribution in [-0.4, -0.2) is 29.1 Å². The van der Waals surface area contributed by atoms with Gasteiger partial charge in [0, 0.05) is 34.7 Å². The molecule has 0 bridgehead atoms. The number of aromatic amines is 1. The number of fused-ring (bicyclic) bond motifs is 9. The van der Waals surface area contributed by atoms with Crippen LogP contribution in [0.3, 0.4) is 0 Å². The second-order valence-electron chi connectivity index (χ2n) is 7.19. The lowest BCUT2D eigenvalue weighted by Gasteiger charge is -2.12. The second-order valence-corrected chi connectivity index (χ2v) is 7.19. The van der Waals surface area contributed by atoms with Crippen LogP contribution >= 0.6 is 0 Å². The molecule has 0 spiro atoms. The van der Waals surface area contributed by atoms with Gasteiger partial charge >= 0.3 is 0 Å². The number of H-pyrrole nitrogens is 1. The van der Waals surface area contributed by atoms with Crippen molar-refractivity contribution in [3.05, 3.63) is 63.4 Å². The van der Waals surface area contributed by atoms with Crippen molar-refractivity contribution in [2.75, 3.05) is 12.4 Å². The van der Waals surface area contributed by atoms with E-state index < -0.39 is 6.23 Å². The third-order valence-electron chi connectivity index (χ3n) is 5.83. The fourth-order valence-electron chi connectivity index (χ4n) is 4.73. The normalized spacial score (nSPS) is 24.0. The van der Waals surface area contributed by atoms with Crippen LogP contribution in [0.5, 0.6) is 0 Å². The van der Waals surface area contributed by atoms with Crippen molar-refractivity contribution in [1.82, 2.24) is 10.3 Å². The maximum absolute atomic E-state index is 12.9. The number of amides is 1. The van der Waals surface area contributed by atoms with Gasteiger partial charge in [-0.3, -0.25) is 4.79 Å². The molecule has 2 aliphatic heterocycles. The van der Waals surface area contributed by atoms with E-state index in [1.54, 1.807) is 19.3 Å².